The summed E-state index contributed by atoms with van der Waals surface area (Å²) in [6.45, 7) is 3.61. The fourth-order valence-electron chi connectivity index (χ4n) is 9.74. The molecule has 2 saturated heterocycles. The summed E-state index contributed by atoms with van der Waals surface area (Å²) in [5.41, 5.74) is 1.83. The summed E-state index contributed by atoms with van der Waals surface area (Å²) in [4.78, 5) is 50.3. The predicted molar refractivity (Wildman–Crippen MR) is 261 cm³/mol. The molecule has 4 heterocycles. The number of hydrogen-bond donors (Lipinski definition) is 7. The molecule has 2 aliphatic heterocycles. The molecule has 0 bridgehead atoms. The largest absolute Gasteiger partial charge is 0.479 e. The number of fused-ring (bicyclic) bond motifs is 1. The SMILES string of the molecule is CC(CCC(=O)NCCCCc1cn(CCn2ccc3cc([N+](=O)[O-])ccc32)nn1)C(CO[C@@H]1OC(CO)[C@H](O)C(O[C@@H](CC2CCCCC2)C(=O)O)C1OC(=O)c1ccccc1)O[C@@H]1OC(C)[C@@H](O)C(O)C1O. The highest BCUT2D eigenvalue weighted by Gasteiger charge is 2.51. The Morgan fingerprint density at radius 1 is 0.919 bits per heavy atom. The van der Waals surface area contributed by atoms with Gasteiger partial charge in [0.15, 0.2) is 24.8 Å². The van der Waals surface area contributed by atoms with Gasteiger partial charge in [0, 0.05) is 54.9 Å². The molecule has 1 aliphatic carbocycles. The monoisotopic (exact) mass is 1040 g/mol. The van der Waals surface area contributed by atoms with Gasteiger partial charge in [-0.2, -0.15) is 0 Å². The van der Waals surface area contributed by atoms with Gasteiger partial charge in [-0.05, 0) is 75.1 Å². The normalized spacial score (nSPS) is 26.8. The Labute approximate surface area is 427 Å². The maximum atomic E-state index is 13.7. The van der Waals surface area contributed by atoms with E-state index < -0.39 is 110 Å². The number of amides is 1. The van der Waals surface area contributed by atoms with Crippen LogP contribution in [-0.4, -0.2) is 166 Å². The van der Waals surface area contributed by atoms with Gasteiger partial charge in [-0.3, -0.25) is 19.6 Å². The summed E-state index contributed by atoms with van der Waals surface area (Å²) in [6.07, 6.45) is -6.75. The van der Waals surface area contributed by atoms with Crippen molar-refractivity contribution in [2.45, 2.75) is 171 Å². The van der Waals surface area contributed by atoms with E-state index in [2.05, 4.69) is 15.6 Å². The van der Waals surface area contributed by atoms with Gasteiger partial charge in [-0.15, -0.1) is 5.10 Å². The van der Waals surface area contributed by atoms with Gasteiger partial charge in [0.25, 0.3) is 5.69 Å². The van der Waals surface area contributed by atoms with Crippen molar-refractivity contribution in [1.29, 1.82) is 0 Å². The minimum Gasteiger partial charge on any atom is -0.479 e. The third-order valence-electron chi connectivity index (χ3n) is 14.2. The number of esters is 1. The number of nitro benzene ring substituents is 1. The number of nitrogens with zero attached hydrogens (tertiary/aromatic N) is 5. The number of benzene rings is 2. The highest BCUT2D eigenvalue weighted by atomic mass is 16.7. The van der Waals surface area contributed by atoms with Gasteiger partial charge in [-0.1, -0.05) is 62.4 Å². The van der Waals surface area contributed by atoms with Crippen molar-refractivity contribution in [3.63, 3.8) is 0 Å². The van der Waals surface area contributed by atoms with E-state index in [0.717, 1.165) is 55.1 Å². The first kappa shape index (κ1) is 56.3. The predicted octanol–water partition coefficient (Wildman–Crippen LogP) is 3.04. The van der Waals surface area contributed by atoms with Crippen molar-refractivity contribution < 1.29 is 78.4 Å². The molecular weight excluding hydrogens is 969 g/mol. The Balaban J connectivity index is 0.964. The van der Waals surface area contributed by atoms with Gasteiger partial charge in [0.2, 0.25) is 5.91 Å². The van der Waals surface area contributed by atoms with Crippen molar-refractivity contribution in [3.8, 4) is 0 Å². The molecule has 1 saturated carbocycles. The summed E-state index contributed by atoms with van der Waals surface area (Å²) in [6, 6.07) is 14.5. The van der Waals surface area contributed by atoms with Gasteiger partial charge in [0.05, 0.1) is 48.1 Å². The number of rotatable bonds is 26. The standard InChI is InChI=1S/C51H70N6O17/c1-30(16-19-41(59)52-21-10-9-15-35-27-56(54-53-35)24-23-55-22-20-34-26-36(57(67)68)17-18-37(34)55)40(73-50-45(63)44(62)42(60)31(2)70-50)29-69-51-47(74-49(66)33-13-7-4-8-14-33)46(43(61)39(28-58)72-51)71-38(48(64)65)25-32-11-5-3-6-12-32/h4,7-8,13-14,17-18,20,22,26-27,30-32,38-40,42-47,50-51,58,60-63H,3,5-6,9-12,15-16,19,21,23-25,28-29H2,1-2H3,(H,52,59)(H,64,65)/t30?,31?,38-,39?,40?,42+,43-,44?,45?,46?,47?,50-,51+/m0/s1. The molecule has 74 heavy (non-hydrogen) atoms. The summed E-state index contributed by atoms with van der Waals surface area (Å²) >= 11 is 0. The maximum absolute atomic E-state index is 13.7. The maximum Gasteiger partial charge on any atom is 0.338 e. The number of carboxylic acid groups (broad SMARTS) is 1. The molecule has 4 aromatic rings. The number of aryl methyl sites for hydroxylation is 3. The molecule has 2 aromatic heterocycles. The molecule has 7 rings (SSSR count). The number of unbranched alkanes of at least 4 members (excludes halogenated alkanes) is 1. The first-order valence-electron chi connectivity index (χ1n) is 25.5. The lowest BCUT2D eigenvalue weighted by Crippen LogP contribution is -2.63. The molecule has 3 fully saturated rings. The first-order chi connectivity index (χ1) is 35.6. The molecule has 7 N–H and O–H groups in total. The Morgan fingerprint density at radius 3 is 2.42 bits per heavy atom. The smallest absolute Gasteiger partial charge is 0.338 e. The van der Waals surface area contributed by atoms with Crippen molar-refractivity contribution in [2.24, 2.45) is 11.8 Å². The van der Waals surface area contributed by atoms with Gasteiger partial charge in [0.1, 0.15) is 36.6 Å². The van der Waals surface area contributed by atoms with Crippen molar-refractivity contribution in [3.05, 3.63) is 88.4 Å². The van der Waals surface area contributed by atoms with Crippen LogP contribution in [-0.2, 0) is 57.5 Å². The molecule has 23 nitrogen and oxygen atoms in total. The van der Waals surface area contributed by atoms with Crippen LogP contribution in [0.15, 0.2) is 67.0 Å². The number of ether oxygens (including phenoxy) is 6. The van der Waals surface area contributed by atoms with Gasteiger partial charge in [-0.25, -0.2) is 9.59 Å². The van der Waals surface area contributed by atoms with Gasteiger partial charge < -0.3 is 68.9 Å². The average molecular weight is 1040 g/mol. The summed E-state index contributed by atoms with van der Waals surface area (Å²) in [5.74, 6) is -2.88. The van der Waals surface area contributed by atoms with Crippen LogP contribution in [0.25, 0.3) is 10.9 Å². The lowest BCUT2D eigenvalue weighted by molar-refractivity contribution is -0.384. The van der Waals surface area contributed by atoms with E-state index in [1.165, 1.54) is 25.1 Å². The molecule has 3 aliphatic rings. The molecule has 8 unspecified atom stereocenters. The second-order valence-corrected chi connectivity index (χ2v) is 19.6. The lowest BCUT2D eigenvalue weighted by atomic mass is 9.85. The van der Waals surface area contributed by atoms with E-state index in [9.17, 15) is 55.1 Å². The molecule has 0 spiro atoms. The number of aliphatic hydroxyl groups excluding tert-OH is 5. The van der Waals surface area contributed by atoms with E-state index >= 15 is 0 Å². The number of hydrogen-bond acceptors (Lipinski definition) is 18. The van der Waals surface area contributed by atoms with Crippen LogP contribution in [0, 0.1) is 22.0 Å². The quantitative estimate of drug-likeness (QED) is 0.0206. The number of aromatic nitrogens is 4. The lowest BCUT2D eigenvalue weighted by Gasteiger charge is -2.45. The number of aliphatic carboxylic acids is 1. The van der Waals surface area contributed by atoms with E-state index in [4.69, 9.17) is 28.4 Å². The number of aliphatic hydroxyl groups is 5. The summed E-state index contributed by atoms with van der Waals surface area (Å²) < 4.78 is 40.2. The fraction of sp³-hybridized carbons (Fsp3) is 0.627. The third kappa shape index (κ3) is 14.9. The molecule has 406 valence electrons. The number of carbonyl (C=O) groups excluding carboxylic acids is 2. The number of nitro groups is 1. The number of carbonyl (C=O) groups is 3. The Morgan fingerprint density at radius 2 is 1.69 bits per heavy atom. The summed E-state index contributed by atoms with van der Waals surface area (Å²) in [7, 11) is 0. The second-order valence-electron chi connectivity index (χ2n) is 19.6. The van der Waals surface area contributed by atoms with Crippen LogP contribution >= 0.6 is 0 Å². The van der Waals surface area contributed by atoms with E-state index in [-0.39, 0.29) is 42.3 Å². The van der Waals surface area contributed by atoms with Crippen molar-refractivity contribution in [1.82, 2.24) is 24.9 Å². The fourth-order valence-corrected chi connectivity index (χ4v) is 9.74. The Kier molecular flexibility index (Phi) is 20.4. The van der Waals surface area contributed by atoms with Crippen LogP contribution in [0.5, 0.6) is 0 Å². The van der Waals surface area contributed by atoms with Crippen LogP contribution in [0.3, 0.4) is 0 Å². The topological polar surface area (TPSA) is 319 Å². The number of non-ortho nitro benzene ring substituents is 1. The van der Waals surface area contributed by atoms with E-state index in [1.807, 2.05) is 23.0 Å². The van der Waals surface area contributed by atoms with Crippen LogP contribution in [0.4, 0.5) is 5.69 Å². The highest BCUT2D eigenvalue weighted by molar-refractivity contribution is 5.89. The zero-order valence-corrected chi connectivity index (χ0v) is 41.7. The summed E-state index contributed by atoms with van der Waals surface area (Å²) in [5, 5.41) is 87.7. The minimum atomic E-state index is -1.70. The molecular formula is C51H70N6O17. The molecule has 0 radical (unpaired) electrons. The Bertz CT molecular complexity index is 2430. The van der Waals surface area contributed by atoms with Crippen LogP contribution in [0.2, 0.25) is 0 Å². The first-order valence-corrected chi connectivity index (χ1v) is 25.5. The zero-order chi connectivity index (χ0) is 52.9. The number of nitrogens with one attached hydrogen (secondary N) is 1. The van der Waals surface area contributed by atoms with E-state index in [1.54, 1.807) is 41.9 Å². The van der Waals surface area contributed by atoms with Crippen molar-refractivity contribution >= 4 is 34.4 Å². The average Bonchev–Trinajstić information content (AvgIpc) is 4.04. The highest BCUT2D eigenvalue weighted by Crippen LogP contribution is 2.34. The third-order valence-corrected chi connectivity index (χ3v) is 14.2. The number of carboxylic acids is 1. The molecule has 2 aromatic carbocycles. The van der Waals surface area contributed by atoms with Crippen LogP contribution < -0.4 is 5.32 Å². The zero-order valence-electron chi connectivity index (χ0n) is 41.7. The molecule has 1 amide bonds. The van der Waals surface area contributed by atoms with Gasteiger partial charge >= 0.3 is 11.9 Å². The second kappa shape index (κ2) is 26.8. The molecule has 13 atom stereocenters. The minimum absolute atomic E-state index is 0.0341. The van der Waals surface area contributed by atoms with Crippen LogP contribution in [0.1, 0.15) is 94.1 Å². The molecule has 23 heteroatoms. The van der Waals surface area contributed by atoms with E-state index in [0.29, 0.717) is 32.5 Å². The Hall–Kier alpha value is -5.47. The van der Waals surface area contributed by atoms with Crippen molar-refractivity contribution in [2.75, 3.05) is 19.8 Å².